The number of nitrogens with one attached hydrogen (secondary N) is 1. The van der Waals surface area contributed by atoms with E-state index in [1.165, 1.54) is 17.5 Å². The lowest BCUT2D eigenvalue weighted by Gasteiger charge is -2.47. The molecule has 1 N–H and O–H groups in total. The average molecular weight is 388 g/mol. The van der Waals surface area contributed by atoms with E-state index in [-0.39, 0.29) is 11.3 Å². The Bertz CT molecular complexity index is 843. The fourth-order valence-electron chi connectivity index (χ4n) is 3.89. The monoisotopic (exact) mass is 387 g/mol. The molecule has 1 atom stereocenters. The number of hydrazone groups is 1. The highest BCUT2D eigenvalue weighted by atomic mass is 35.5. The van der Waals surface area contributed by atoms with E-state index in [1.54, 1.807) is 18.3 Å². The first-order valence-electron chi connectivity index (χ1n) is 9.31. The van der Waals surface area contributed by atoms with Gasteiger partial charge in [-0.25, -0.2) is 5.43 Å². The summed E-state index contributed by atoms with van der Waals surface area (Å²) in [4.78, 5) is 14.3. The van der Waals surface area contributed by atoms with Crippen molar-refractivity contribution >= 4 is 29.4 Å². The number of rotatable bonds is 5. The Morgan fingerprint density at radius 1 is 1.48 bits per heavy atom. The lowest BCUT2D eigenvalue weighted by atomic mass is 9.79. The van der Waals surface area contributed by atoms with Gasteiger partial charge in [0, 0.05) is 23.3 Å². The molecule has 3 rings (SSSR count). The molecule has 1 unspecified atom stereocenters. The van der Waals surface area contributed by atoms with E-state index >= 15 is 0 Å². The lowest BCUT2D eigenvalue weighted by molar-refractivity contribution is 0.0927. The van der Waals surface area contributed by atoms with Gasteiger partial charge in [0.25, 0.3) is 0 Å². The molecule has 1 aliphatic heterocycles. The van der Waals surface area contributed by atoms with Gasteiger partial charge in [0.1, 0.15) is 0 Å². The van der Waals surface area contributed by atoms with Gasteiger partial charge in [0.05, 0.1) is 17.5 Å². The average Bonchev–Trinajstić information content (AvgIpc) is 3.14. The molecule has 0 saturated heterocycles. The Hall–Kier alpha value is -2.27. The smallest absolute Gasteiger partial charge is 0.307 e. The summed E-state index contributed by atoms with van der Waals surface area (Å²) in [5, 5.41) is 4.65. The molecule has 0 spiro atoms. The Balaban J connectivity index is 1.86. The largest absolute Gasteiger partial charge is 0.459 e. The number of hydrogen-bond acceptors (Lipinski definition) is 4. The lowest BCUT2D eigenvalue weighted by Crippen LogP contribution is -2.48. The first-order chi connectivity index (χ1) is 12.8. The topological polar surface area (TPSA) is 57.8 Å². The second kappa shape index (κ2) is 7.77. The number of halogens is 1. The predicted octanol–water partition coefficient (Wildman–Crippen LogP) is 5.20. The summed E-state index contributed by atoms with van der Waals surface area (Å²) in [5.74, 6) is 0.245. The molecule has 0 fully saturated rings. The van der Waals surface area contributed by atoms with E-state index in [9.17, 15) is 4.79 Å². The van der Waals surface area contributed by atoms with Crippen molar-refractivity contribution in [3.8, 4) is 0 Å². The second-order valence-electron chi connectivity index (χ2n) is 7.68. The third kappa shape index (κ3) is 4.03. The van der Waals surface area contributed by atoms with Crippen LogP contribution in [0.3, 0.4) is 0 Å². The molecule has 0 aliphatic carbocycles. The summed E-state index contributed by atoms with van der Waals surface area (Å²) in [6, 6.07) is 7.36. The van der Waals surface area contributed by atoms with Crippen LogP contribution in [0.15, 0.2) is 40.0 Å². The zero-order valence-electron chi connectivity index (χ0n) is 16.3. The first-order valence-corrected chi connectivity index (χ1v) is 9.69. The fraction of sp³-hybridized carbons (Fsp3) is 0.429. The Morgan fingerprint density at radius 2 is 2.26 bits per heavy atom. The summed E-state index contributed by atoms with van der Waals surface area (Å²) < 4.78 is 5.05. The molecule has 1 aromatic heterocycles. The number of anilines is 1. The van der Waals surface area contributed by atoms with E-state index < -0.39 is 5.91 Å². The second-order valence-corrected chi connectivity index (χ2v) is 8.09. The molecule has 27 heavy (non-hydrogen) atoms. The number of nitrogens with zero attached hydrogens (tertiary/aromatic N) is 2. The molecule has 144 valence electrons. The maximum Gasteiger partial charge on any atom is 0.307 e. The van der Waals surface area contributed by atoms with E-state index in [0.717, 1.165) is 24.9 Å². The highest BCUT2D eigenvalue weighted by molar-refractivity contribution is 6.33. The first kappa shape index (κ1) is 19.5. The third-order valence-corrected chi connectivity index (χ3v) is 5.39. The van der Waals surface area contributed by atoms with Crippen LogP contribution in [0, 0.1) is 0 Å². The van der Waals surface area contributed by atoms with Gasteiger partial charge >= 0.3 is 5.91 Å². The standard InChI is InChI=1S/C21H26ClN3O2/c1-5-8-25-18-11-17(22)15(10-16(18)14(2)12-21(25,3)4)13-23-24-20(26)19-7-6-9-27-19/h6-7,9-11,13-14H,5,8,12H2,1-4H3,(H,24,26)/b23-13+. The minimum atomic E-state index is -0.394. The zero-order valence-corrected chi connectivity index (χ0v) is 17.0. The van der Waals surface area contributed by atoms with Gasteiger partial charge in [-0.1, -0.05) is 25.4 Å². The molecule has 2 aromatic rings. The van der Waals surface area contributed by atoms with E-state index in [0.29, 0.717) is 10.9 Å². The highest BCUT2D eigenvalue weighted by Gasteiger charge is 2.36. The van der Waals surface area contributed by atoms with Crippen molar-refractivity contribution < 1.29 is 9.21 Å². The number of benzene rings is 1. The molecular formula is C21H26ClN3O2. The minimum Gasteiger partial charge on any atom is -0.459 e. The molecule has 2 heterocycles. The summed E-state index contributed by atoms with van der Waals surface area (Å²) >= 11 is 6.53. The molecule has 0 bridgehead atoms. The number of amides is 1. The van der Waals surface area contributed by atoms with Gasteiger partial charge < -0.3 is 9.32 Å². The number of hydrogen-bond donors (Lipinski definition) is 1. The summed E-state index contributed by atoms with van der Waals surface area (Å²) in [7, 11) is 0. The molecule has 1 amide bonds. The van der Waals surface area contributed by atoms with E-state index in [2.05, 4.69) is 49.2 Å². The van der Waals surface area contributed by atoms with E-state index in [1.807, 2.05) is 6.07 Å². The van der Waals surface area contributed by atoms with Gasteiger partial charge in [-0.3, -0.25) is 4.79 Å². The van der Waals surface area contributed by atoms with Crippen LogP contribution < -0.4 is 10.3 Å². The third-order valence-electron chi connectivity index (χ3n) is 5.07. The van der Waals surface area contributed by atoms with Crippen molar-refractivity contribution in [3.05, 3.63) is 52.4 Å². The molecule has 1 aromatic carbocycles. The van der Waals surface area contributed by atoms with Crippen molar-refractivity contribution in [1.82, 2.24) is 5.43 Å². The number of fused-ring (bicyclic) bond motifs is 1. The minimum absolute atomic E-state index is 0.0956. The number of carbonyl (C=O) groups is 1. The molecule has 5 nitrogen and oxygen atoms in total. The Kier molecular flexibility index (Phi) is 5.61. The van der Waals surface area contributed by atoms with Crippen molar-refractivity contribution in [3.63, 3.8) is 0 Å². The van der Waals surface area contributed by atoms with Crippen molar-refractivity contribution in [2.45, 2.75) is 52.0 Å². The molecule has 6 heteroatoms. The summed E-state index contributed by atoms with van der Waals surface area (Å²) in [6.07, 6.45) is 5.19. The van der Waals surface area contributed by atoms with Gasteiger partial charge in [0.15, 0.2) is 5.76 Å². The number of carbonyl (C=O) groups excluding carboxylic acids is 1. The predicted molar refractivity (Wildman–Crippen MR) is 110 cm³/mol. The van der Waals surface area contributed by atoms with Crippen LogP contribution in [0.2, 0.25) is 5.02 Å². The molecule has 0 radical (unpaired) electrons. The maximum absolute atomic E-state index is 11.9. The highest BCUT2D eigenvalue weighted by Crippen LogP contribution is 2.45. The quantitative estimate of drug-likeness (QED) is 0.566. The van der Waals surface area contributed by atoms with E-state index in [4.69, 9.17) is 16.0 Å². The number of furan rings is 1. The van der Waals surface area contributed by atoms with Gasteiger partial charge in [-0.15, -0.1) is 0 Å². The van der Waals surface area contributed by atoms with Crippen LogP contribution in [-0.4, -0.2) is 24.2 Å². The molecule has 0 saturated carbocycles. The van der Waals surface area contributed by atoms with Crippen LogP contribution in [0.4, 0.5) is 5.69 Å². The van der Waals surface area contributed by atoms with Gasteiger partial charge in [-0.2, -0.15) is 5.10 Å². The zero-order chi connectivity index (χ0) is 19.6. The summed E-state index contributed by atoms with van der Waals surface area (Å²) in [5.41, 5.74) is 5.81. The molecule has 1 aliphatic rings. The van der Waals surface area contributed by atoms with Crippen molar-refractivity contribution in [1.29, 1.82) is 0 Å². The van der Waals surface area contributed by atoms with Gasteiger partial charge in [0.2, 0.25) is 0 Å². The van der Waals surface area contributed by atoms with Crippen LogP contribution in [0.1, 0.15) is 68.1 Å². The normalized spacial score (nSPS) is 18.6. The maximum atomic E-state index is 11.9. The van der Waals surface area contributed by atoms with Crippen LogP contribution >= 0.6 is 11.6 Å². The Labute approximate surface area is 165 Å². The van der Waals surface area contributed by atoms with Crippen LogP contribution in [-0.2, 0) is 0 Å². The molecular weight excluding hydrogens is 362 g/mol. The summed E-state index contributed by atoms with van der Waals surface area (Å²) in [6.45, 7) is 10.0. The van der Waals surface area contributed by atoms with Crippen LogP contribution in [0.5, 0.6) is 0 Å². The van der Waals surface area contributed by atoms with Crippen molar-refractivity contribution in [2.75, 3.05) is 11.4 Å². The Morgan fingerprint density at radius 3 is 2.93 bits per heavy atom. The van der Waals surface area contributed by atoms with Crippen molar-refractivity contribution in [2.24, 2.45) is 5.10 Å². The van der Waals surface area contributed by atoms with Gasteiger partial charge in [-0.05, 0) is 62.4 Å². The van der Waals surface area contributed by atoms with Crippen LogP contribution in [0.25, 0.3) is 0 Å². The fourth-order valence-corrected chi connectivity index (χ4v) is 4.10. The SMILES string of the molecule is CCCN1c2cc(Cl)c(/C=N/NC(=O)c3ccco3)cc2C(C)CC1(C)C.